The average molecular weight is 472 g/mol. The number of nitrogens with zero attached hydrogens (tertiary/aromatic N) is 4. The van der Waals surface area contributed by atoms with Crippen molar-refractivity contribution in [1.82, 2.24) is 20.2 Å². The van der Waals surface area contributed by atoms with Gasteiger partial charge in [-0.1, -0.05) is 6.42 Å². The largest absolute Gasteiger partial charge is 0.493 e. The van der Waals surface area contributed by atoms with Gasteiger partial charge in [-0.05, 0) is 52.6 Å². The Kier molecular flexibility index (Phi) is 7.60. The van der Waals surface area contributed by atoms with Crippen molar-refractivity contribution < 1.29 is 19.0 Å². The predicted octanol–water partition coefficient (Wildman–Crippen LogP) is 3.61. The van der Waals surface area contributed by atoms with Gasteiger partial charge in [-0.15, -0.1) is 0 Å². The minimum atomic E-state index is -0.500. The number of nitrogens with one attached hydrogen (secondary N) is 1. The summed E-state index contributed by atoms with van der Waals surface area (Å²) in [6.07, 6.45) is 6.02. The van der Waals surface area contributed by atoms with Crippen molar-refractivity contribution in [2.24, 2.45) is 0 Å². The molecule has 1 unspecified atom stereocenters. The van der Waals surface area contributed by atoms with Gasteiger partial charge in [0.25, 0.3) is 0 Å². The Morgan fingerprint density at radius 2 is 1.91 bits per heavy atom. The fraction of sp³-hybridized carbons (Fsp3) is 0.640. The summed E-state index contributed by atoms with van der Waals surface area (Å²) in [6, 6.07) is 4.41. The van der Waals surface area contributed by atoms with E-state index in [2.05, 4.69) is 20.2 Å². The lowest BCUT2D eigenvalue weighted by molar-refractivity contribution is 0.0240. The Balaban J connectivity index is 1.44. The summed E-state index contributed by atoms with van der Waals surface area (Å²) in [5.41, 5.74) is 0.312. The number of benzene rings is 1. The first-order valence-corrected chi connectivity index (χ1v) is 12.3. The quantitative estimate of drug-likeness (QED) is 0.684. The molecular formula is C25H37N5O4. The normalized spacial score (nSPS) is 19.2. The van der Waals surface area contributed by atoms with E-state index in [0.717, 1.165) is 29.7 Å². The molecule has 9 heteroatoms. The summed E-state index contributed by atoms with van der Waals surface area (Å²) in [6.45, 7) is 9.85. The van der Waals surface area contributed by atoms with Crippen molar-refractivity contribution in [3.8, 4) is 11.5 Å². The molecule has 4 rings (SSSR count). The van der Waals surface area contributed by atoms with E-state index in [9.17, 15) is 4.79 Å². The van der Waals surface area contributed by atoms with Crippen molar-refractivity contribution in [3.05, 3.63) is 18.5 Å². The van der Waals surface area contributed by atoms with Crippen LogP contribution in [0, 0.1) is 0 Å². The topological polar surface area (TPSA) is 89.1 Å². The van der Waals surface area contributed by atoms with E-state index < -0.39 is 5.60 Å². The molecule has 0 saturated carbocycles. The van der Waals surface area contributed by atoms with Gasteiger partial charge in [0.1, 0.15) is 17.7 Å². The zero-order valence-corrected chi connectivity index (χ0v) is 20.8. The van der Waals surface area contributed by atoms with Crippen LogP contribution in [0.1, 0.15) is 46.5 Å². The molecular weight excluding hydrogens is 434 g/mol. The molecule has 2 fully saturated rings. The number of methoxy groups -OCH3 is 1. The fourth-order valence-corrected chi connectivity index (χ4v) is 4.48. The van der Waals surface area contributed by atoms with E-state index in [-0.39, 0.29) is 6.09 Å². The molecule has 9 nitrogen and oxygen atoms in total. The predicted molar refractivity (Wildman–Crippen MR) is 132 cm³/mol. The summed E-state index contributed by atoms with van der Waals surface area (Å²) >= 11 is 0. The van der Waals surface area contributed by atoms with Crippen LogP contribution in [-0.4, -0.2) is 79.0 Å². The molecule has 1 aromatic heterocycles. The van der Waals surface area contributed by atoms with Crippen LogP contribution in [0.3, 0.4) is 0 Å². The number of anilines is 1. The molecule has 1 amide bonds. The van der Waals surface area contributed by atoms with Gasteiger partial charge in [0, 0.05) is 43.7 Å². The number of aromatic nitrogens is 2. The molecule has 186 valence electrons. The highest BCUT2D eigenvalue weighted by Gasteiger charge is 2.27. The molecule has 2 saturated heterocycles. The molecule has 1 aromatic carbocycles. The lowest BCUT2D eigenvalue weighted by Crippen LogP contribution is -2.50. The van der Waals surface area contributed by atoms with Crippen molar-refractivity contribution in [2.45, 2.75) is 58.1 Å². The maximum atomic E-state index is 12.4. The SMILES string of the molecule is COc1cc2c(N3CCN(C(=O)OC(C)(C)C)CC3)ncnc2cc1OCCC1CCCCN1. The van der Waals surface area contributed by atoms with Crippen LogP contribution in [0.2, 0.25) is 0 Å². The van der Waals surface area contributed by atoms with Crippen LogP contribution in [-0.2, 0) is 4.74 Å². The van der Waals surface area contributed by atoms with E-state index >= 15 is 0 Å². The number of piperidine rings is 1. The van der Waals surface area contributed by atoms with Crippen molar-refractivity contribution in [2.75, 3.05) is 51.3 Å². The number of carbonyl (C=O) groups is 1. The number of hydrogen-bond donors (Lipinski definition) is 1. The molecule has 34 heavy (non-hydrogen) atoms. The number of hydrogen-bond acceptors (Lipinski definition) is 8. The molecule has 1 atom stereocenters. The van der Waals surface area contributed by atoms with Crippen molar-refractivity contribution in [3.63, 3.8) is 0 Å². The Morgan fingerprint density at radius 3 is 2.59 bits per heavy atom. The Morgan fingerprint density at radius 1 is 1.12 bits per heavy atom. The summed E-state index contributed by atoms with van der Waals surface area (Å²) in [4.78, 5) is 25.4. The Hall–Kier alpha value is -2.81. The molecule has 0 radical (unpaired) electrons. The highest BCUT2D eigenvalue weighted by atomic mass is 16.6. The van der Waals surface area contributed by atoms with Gasteiger partial charge < -0.3 is 29.3 Å². The van der Waals surface area contributed by atoms with Crippen molar-refractivity contribution in [1.29, 1.82) is 0 Å². The third-order valence-corrected chi connectivity index (χ3v) is 6.27. The van der Waals surface area contributed by atoms with Crippen LogP contribution < -0.4 is 19.7 Å². The second kappa shape index (κ2) is 10.6. The lowest BCUT2D eigenvalue weighted by Gasteiger charge is -2.36. The van der Waals surface area contributed by atoms with Gasteiger partial charge in [0.15, 0.2) is 11.5 Å². The molecule has 2 aliphatic heterocycles. The lowest BCUT2D eigenvalue weighted by atomic mass is 10.0. The van der Waals surface area contributed by atoms with E-state index in [1.165, 1.54) is 19.3 Å². The summed E-state index contributed by atoms with van der Waals surface area (Å²) in [5.74, 6) is 2.21. The maximum absolute atomic E-state index is 12.4. The molecule has 2 aliphatic rings. The summed E-state index contributed by atoms with van der Waals surface area (Å²) in [5, 5.41) is 4.47. The van der Waals surface area contributed by atoms with Crippen LogP contribution in [0.4, 0.5) is 10.6 Å². The first-order valence-electron chi connectivity index (χ1n) is 12.3. The molecule has 2 aromatic rings. The number of carbonyl (C=O) groups excluding carboxylic acids is 1. The van der Waals surface area contributed by atoms with Gasteiger partial charge in [-0.3, -0.25) is 0 Å². The average Bonchev–Trinajstić information content (AvgIpc) is 2.83. The number of amides is 1. The Bertz CT molecular complexity index is 979. The molecule has 0 bridgehead atoms. The number of piperazine rings is 1. The van der Waals surface area contributed by atoms with Gasteiger partial charge >= 0.3 is 6.09 Å². The minimum Gasteiger partial charge on any atom is -0.493 e. The number of fused-ring (bicyclic) bond motifs is 1. The summed E-state index contributed by atoms with van der Waals surface area (Å²) < 4.78 is 17.3. The number of rotatable bonds is 6. The second-order valence-corrected chi connectivity index (χ2v) is 9.96. The second-order valence-electron chi connectivity index (χ2n) is 9.96. The third-order valence-electron chi connectivity index (χ3n) is 6.27. The minimum absolute atomic E-state index is 0.272. The van der Waals surface area contributed by atoms with Gasteiger partial charge in [-0.2, -0.15) is 0 Å². The molecule has 0 spiro atoms. The van der Waals surface area contributed by atoms with E-state index in [1.807, 2.05) is 32.9 Å². The fourth-order valence-electron chi connectivity index (χ4n) is 4.48. The van der Waals surface area contributed by atoms with E-state index in [4.69, 9.17) is 14.2 Å². The first-order chi connectivity index (χ1) is 16.3. The number of ether oxygens (including phenoxy) is 3. The maximum Gasteiger partial charge on any atom is 0.410 e. The summed E-state index contributed by atoms with van der Waals surface area (Å²) in [7, 11) is 1.65. The van der Waals surface area contributed by atoms with Gasteiger partial charge in [-0.25, -0.2) is 14.8 Å². The standard InChI is InChI=1S/C25H37N5O4/c1-25(2,3)34-24(31)30-12-10-29(11-13-30)23-19-15-21(32-4)22(16-20(19)27-17-28-23)33-14-8-18-7-5-6-9-26-18/h15-18,26H,5-14H2,1-4H3. The highest BCUT2D eigenvalue weighted by Crippen LogP contribution is 2.35. The van der Waals surface area contributed by atoms with Crippen LogP contribution in [0.5, 0.6) is 11.5 Å². The van der Waals surface area contributed by atoms with E-state index in [0.29, 0.717) is 50.3 Å². The zero-order valence-electron chi connectivity index (χ0n) is 20.8. The van der Waals surface area contributed by atoms with Crippen molar-refractivity contribution >= 4 is 22.8 Å². The van der Waals surface area contributed by atoms with E-state index in [1.54, 1.807) is 18.3 Å². The van der Waals surface area contributed by atoms with Crippen LogP contribution >= 0.6 is 0 Å². The smallest absolute Gasteiger partial charge is 0.410 e. The monoisotopic (exact) mass is 471 g/mol. The first kappa shape index (κ1) is 24.3. The molecule has 0 aliphatic carbocycles. The van der Waals surface area contributed by atoms with Crippen LogP contribution in [0.15, 0.2) is 18.5 Å². The molecule has 1 N–H and O–H groups in total. The van der Waals surface area contributed by atoms with Gasteiger partial charge in [0.05, 0.1) is 19.2 Å². The molecule has 3 heterocycles. The van der Waals surface area contributed by atoms with Gasteiger partial charge in [0.2, 0.25) is 0 Å². The zero-order chi connectivity index (χ0) is 24.1. The van der Waals surface area contributed by atoms with Crippen LogP contribution in [0.25, 0.3) is 10.9 Å². The Labute approximate surface area is 201 Å². The third kappa shape index (κ3) is 6.00. The highest BCUT2D eigenvalue weighted by molar-refractivity contribution is 5.92.